The number of aromatic amines is 1. The summed E-state index contributed by atoms with van der Waals surface area (Å²) in [6.45, 7) is 1.10. The minimum atomic E-state index is 0.519. The number of rotatable bonds is 8. The Hall–Kier alpha value is -4.09. The van der Waals surface area contributed by atoms with Crippen LogP contribution in [0.25, 0.3) is 33.3 Å². The number of fused-ring (bicyclic) bond motifs is 1. The van der Waals surface area contributed by atoms with Crippen LogP contribution in [-0.2, 0) is 13.0 Å². The molecule has 0 aliphatic rings. The van der Waals surface area contributed by atoms with E-state index >= 15 is 0 Å². The summed E-state index contributed by atoms with van der Waals surface area (Å²) in [6.07, 6.45) is 5.52. The zero-order chi connectivity index (χ0) is 23.2. The van der Waals surface area contributed by atoms with Gasteiger partial charge in [-0.05, 0) is 29.7 Å². The monoisotopic (exact) mass is 447 g/mol. The highest BCUT2D eigenvalue weighted by Gasteiger charge is 2.15. The maximum absolute atomic E-state index is 6.13. The summed E-state index contributed by atoms with van der Waals surface area (Å²) in [5, 5.41) is 0.912. The van der Waals surface area contributed by atoms with Crippen molar-refractivity contribution >= 4 is 10.9 Å². The summed E-state index contributed by atoms with van der Waals surface area (Å²) in [5.41, 5.74) is 13.1. The number of hydrogen-bond donors (Lipinski definition) is 1. The Balaban J connectivity index is 1.49. The van der Waals surface area contributed by atoms with Crippen molar-refractivity contribution in [1.82, 2.24) is 9.97 Å². The molecule has 0 spiro atoms. The largest absolute Gasteiger partial charge is 0.477 e. The first-order valence-electron chi connectivity index (χ1n) is 11.5. The highest BCUT2D eigenvalue weighted by atomic mass is 16.5. The summed E-state index contributed by atoms with van der Waals surface area (Å²) in [7, 11) is 0. The molecular weight excluding hydrogens is 420 g/mol. The lowest BCUT2D eigenvalue weighted by Crippen LogP contribution is -2.11. The Morgan fingerprint density at radius 3 is 2.44 bits per heavy atom. The normalized spacial score (nSPS) is 11.0. The fourth-order valence-electron chi connectivity index (χ4n) is 4.06. The predicted molar refractivity (Wildman–Crippen MR) is 135 cm³/mol. The standard InChI is InChI=1S/C29H26N4O/c30-20-21-11-13-23(14-12-21)28-25(22-7-2-1-3-8-22)19-26-27(33-28)15-17-32-29(26)34-18-6-10-24-9-4-5-16-31-24/h1-5,7-9,11-17,19H,6,10,18,20,30H2/p+1. The molecule has 0 atom stereocenters. The molecule has 5 aromatic rings. The Morgan fingerprint density at radius 2 is 1.68 bits per heavy atom. The minimum absolute atomic E-state index is 0.519. The van der Waals surface area contributed by atoms with Crippen LogP contribution in [0.15, 0.2) is 97.3 Å². The molecule has 0 aliphatic heterocycles. The Morgan fingerprint density at radius 1 is 0.853 bits per heavy atom. The average molecular weight is 448 g/mol. The fourth-order valence-corrected chi connectivity index (χ4v) is 4.06. The van der Waals surface area contributed by atoms with Gasteiger partial charge in [-0.1, -0.05) is 60.7 Å². The van der Waals surface area contributed by atoms with Gasteiger partial charge in [0, 0.05) is 42.4 Å². The molecule has 0 fully saturated rings. The van der Waals surface area contributed by atoms with Crippen LogP contribution < -0.4 is 15.5 Å². The van der Waals surface area contributed by atoms with Gasteiger partial charge in [0.25, 0.3) is 0 Å². The van der Waals surface area contributed by atoms with Crippen LogP contribution in [0.2, 0.25) is 0 Å². The molecule has 2 aromatic carbocycles. The first-order chi connectivity index (χ1) is 16.8. The molecule has 0 unspecified atom stereocenters. The van der Waals surface area contributed by atoms with Crippen molar-refractivity contribution in [2.75, 3.05) is 6.61 Å². The van der Waals surface area contributed by atoms with Crippen LogP contribution in [-0.4, -0.2) is 16.6 Å². The number of ether oxygens (including phenoxy) is 1. The zero-order valence-electron chi connectivity index (χ0n) is 18.9. The molecule has 5 nitrogen and oxygen atoms in total. The molecular formula is C29H27N4O+. The number of nitrogens with one attached hydrogen (secondary N) is 1. The summed E-state index contributed by atoms with van der Waals surface area (Å²) >= 11 is 0. The third kappa shape index (κ3) is 4.80. The van der Waals surface area contributed by atoms with Crippen molar-refractivity contribution in [3.05, 3.63) is 109 Å². The van der Waals surface area contributed by atoms with Crippen molar-refractivity contribution in [3.63, 3.8) is 0 Å². The number of H-pyrrole nitrogens is 1. The average Bonchev–Trinajstić information content (AvgIpc) is 2.91. The van der Waals surface area contributed by atoms with E-state index in [4.69, 9.17) is 15.5 Å². The van der Waals surface area contributed by atoms with Gasteiger partial charge in [0.1, 0.15) is 0 Å². The van der Waals surface area contributed by atoms with Gasteiger partial charge in [0.05, 0.1) is 23.2 Å². The van der Waals surface area contributed by atoms with E-state index in [1.807, 2.05) is 42.6 Å². The van der Waals surface area contributed by atoms with Gasteiger partial charge in [0.2, 0.25) is 5.88 Å². The topological polar surface area (TPSA) is 75.2 Å². The Bertz CT molecular complexity index is 1370. The molecule has 3 aromatic heterocycles. The van der Waals surface area contributed by atoms with Gasteiger partial charge >= 0.3 is 0 Å². The number of nitrogens with two attached hydrogens (primary N) is 1. The zero-order valence-corrected chi connectivity index (χ0v) is 18.9. The van der Waals surface area contributed by atoms with Crippen LogP contribution in [0, 0.1) is 0 Å². The molecule has 0 aliphatic carbocycles. The van der Waals surface area contributed by atoms with Crippen molar-refractivity contribution in [2.24, 2.45) is 5.73 Å². The van der Waals surface area contributed by atoms with Crippen LogP contribution in [0.3, 0.4) is 0 Å². The van der Waals surface area contributed by atoms with Crippen LogP contribution >= 0.6 is 0 Å². The molecule has 5 rings (SSSR count). The van der Waals surface area contributed by atoms with Crippen LogP contribution in [0.1, 0.15) is 17.7 Å². The smallest absolute Gasteiger partial charge is 0.222 e. The van der Waals surface area contributed by atoms with E-state index in [9.17, 15) is 0 Å². The number of aromatic nitrogens is 3. The maximum atomic E-state index is 6.13. The first kappa shape index (κ1) is 21.7. The van der Waals surface area contributed by atoms with Gasteiger partial charge in [-0.15, -0.1) is 0 Å². The third-order valence-corrected chi connectivity index (χ3v) is 5.86. The van der Waals surface area contributed by atoms with E-state index in [2.05, 4.69) is 58.5 Å². The number of hydrogen-bond acceptors (Lipinski definition) is 4. The lowest BCUT2D eigenvalue weighted by molar-refractivity contribution is -0.390. The number of pyridine rings is 3. The van der Waals surface area contributed by atoms with Gasteiger partial charge in [0.15, 0.2) is 11.9 Å². The first-order valence-corrected chi connectivity index (χ1v) is 11.5. The Kier molecular flexibility index (Phi) is 6.54. The summed E-state index contributed by atoms with van der Waals surface area (Å²) in [6, 6.07) is 28.8. The van der Waals surface area contributed by atoms with E-state index in [1.54, 1.807) is 6.20 Å². The molecule has 0 bridgehead atoms. The molecule has 5 heteroatoms. The van der Waals surface area contributed by atoms with E-state index < -0.39 is 0 Å². The minimum Gasteiger partial charge on any atom is -0.477 e. The van der Waals surface area contributed by atoms with Gasteiger partial charge in [-0.3, -0.25) is 0 Å². The molecule has 3 N–H and O–H groups in total. The third-order valence-electron chi connectivity index (χ3n) is 5.86. The fraction of sp³-hybridized carbons (Fsp3) is 0.138. The second kappa shape index (κ2) is 10.2. The lowest BCUT2D eigenvalue weighted by atomic mass is 9.97. The summed E-state index contributed by atoms with van der Waals surface area (Å²) in [4.78, 5) is 12.8. The van der Waals surface area contributed by atoms with Crippen molar-refractivity contribution in [3.8, 4) is 28.3 Å². The second-order valence-corrected chi connectivity index (χ2v) is 8.17. The van der Waals surface area contributed by atoms with E-state index in [0.717, 1.165) is 51.7 Å². The van der Waals surface area contributed by atoms with E-state index in [0.29, 0.717) is 19.0 Å². The van der Waals surface area contributed by atoms with Gasteiger partial charge < -0.3 is 10.5 Å². The second-order valence-electron chi connectivity index (χ2n) is 8.17. The summed E-state index contributed by atoms with van der Waals surface area (Å²) in [5.74, 6) is 0.615. The van der Waals surface area contributed by atoms with Gasteiger partial charge in [-0.25, -0.2) is 15.0 Å². The van der Waals surface area contributed by atoms with Crippen molar-refractivity contribution in [1.29, 1.82) is 0 Å². The molecule has 0 radical (unpaired) electrons. The van der Waals surface area contributed by atoms with E-state index in [1.165, 1.54) is 5.69 Å². The molecule has 0 amide bonds. The molecule has 0 saturated carbocycles. The molecule has 34 heavy (non-hydrogen) atoms. The number of nitrogens with zero attached hydrogens (tertiary/aromatic N) is 2. The quantitative estimate of drug-likeness (QED) is 0.330. The predicted octanol–water partition coefficient (Wildman–Crippen LogP) is 5.25. The van der Waals surface area contributed by atoms with Crippen molar-refractivity contribution < 1.29 is 9.72 Å². The van der Waals surface area contributed by atoms with Gasteiger partial charge in [-0.2, -0.15) is 0 Å². The SMILES string of the molecule is NCc1ccc(-c2nc3ccnc(OCCCc4cccc[nH+]4)c3cc2-c2ccccc2)cc1. The lowest BCUT2D eigenvalue weighted by Gasteiger charge is -2.14. The number of aryl methyl sites for hydroxylation is 1. The van der Waals surface area contributed by atoms with Crippen LogP contribution in [0.5, 0.6) is 5.88 Å². The highest BCUT2D eigenvalue weighted by molar-refractivity contribution is 5.93. The Labute approximate surface area is 199 Å². The van der Waals surface area contributed by atoms with Crippen molar-refractivity contribution in [2.45, 2.75) is 19.4 Å². The van der Waals surface area contributed by atoms with Crippen LogP contribution in [0.4, 0.5) is 0 Å². The molecule has 0 saturated heterocycles. The summed E-state index contributed by atoms with van der Waals surface area (Å²) < 4.78 is 6.13. The highest BCUT2D eigenvalue weighted by Crippen LogP contribution is 2.35. The number of benzene rings is 2. The van der Waals surface area contributed by atoms with E-state index in [-0.39, 0.29) is 0 Å². The molecule has 3 heterocycles. The maximum Gasteiger partial charge on any atom is 0.222 e. The molecule has 168 valence electrons.